The Labute approximate surface area is 129 Å². The van der Waals surface area contributed by atoms with E-state index in [0.29, 0.717) is 5.88 Å². The molecule has 0 amide bonds. The highest BCUT2D eigenvalue weighted by Crippen LogP contribution is 2.38. The molecule has 1 saturated carbocycles. The van der Waals surface area contributed by atoms with Gasteiger partial charge in [0.25, 0.3) is 0 Å². The Kier molecular flexibility index (Phi) is 4.62. The standard InChI is InChI=1S/C16H29NO3S/c1-15(2)16(3,4)21(18,19)17-14(20-15)12-8-11-13-9-6-5-7-10-13/h12-13,17H,5-11H2,1-4H3/b14-12-. The monoisotopic (exact) mass is 315 g/mol. The van der Waals surface area contributed by atoms with Crippen LogP contribution in [0.5, 0.6) is 0 Å². The van der Waals surface area contributed by atoms with Crippen LogP contribution in [-0.2, 0) is 14.8 Å². The Morgan fingerprint density at radius 1 is 1.19 bits per heavy atom. The molecular weight excluding hydrogens is 286 g/mol. The molecule has 0 aromatic carbocycles. The van der Waals surface area contributed by atoms with Crippen molar-refractivity contribution in [1.82, 2.24) is 4.72 Å². The van der Waals surface area contributed by atoms with Gasteiger partial charge < -0.3 is 4.74 Å². The Morgan fingerprint density at radius 2 is 1.81 bits per heavy atom. The van der Waals surface area contributed by atoms with E-state index in [4.69, 9.17) is 4.74 Å². The van der Waals surface area contributed by atoms with Crippen molar-refractivity contribution in [3.8, 4) is 0 Å². The zero-order valence-corrected chi connectivity index (χ0v) is 14.6. The third-order valence-corrected chi connectivity index (χ3v) is 7.66. The van der Waals surface area contributed by atoms with Gasteiger partial charge in [-0.15, -0.1) is 0 Å². The highest BCUT2D eigenvalue weighted by molar-refractivity contribution is 7.91. The Morgan fingerprint density at radius 3 is 2.38 bits per heavy atom. The molecule has 0 spiro atoms. The van der Waals surface area contributed by atoms with Gasteiger partial charge in [-0.3, -0.25) is 4.72 Å². The first-order chi connectivity index (χ1) is 9.66. The molecule has 0 aromatic rings. The summed E-state index contributed by atoms with van der Waals surface area (Å²) in [6.07, 6.45) is 10.6. The van der Waals surface area contributed by atoms with E-state index in [1.54, 1.807) is 13.8 Å². The fraction of sp³-hybridized carbons (Fsp3) is 0.875. The molecule has 0 bridgehead atoms. The number of nitrogens with one attached hydrogen (secondary N) is 1. The molecule has 1 saturated heterocycles. The molecule has 4 nitrogen and oxygen atoms in total. The van der Waals surface area contributed by atoms with Gasteiger partial charge in [-0.2, -0.15) is 0 Å². The predicted molar refractivity (Wildman–Crippen MR) is 85.2 cm³/mol. The van der Waals surface area contributed by atoms with E-state index in [1.807, 2.05) is 19.9 Å². The molecule has 5 heteroatoms. The highest BCUT2D eigenvalue weighted by Gasteiger charge is 2.53. The maximum atomic E-state index is 12.4. The summed E-state index contributed by atoms with van der Waals surface area (Å²) < 4.78 is 32.2. The summed E-state index contributed by atoms with van der Waals surface area (Å²) in [5.41, 5.74) is -0.742. The van der Waals surface area contributed by atoms with Gasteiger partial charge in [0.15, 0.2) is 5.88 Å². The number of hydrogen-bond acceptors (Lipinski definition) is 3. The van der Waals surface area contributed by atoms with Gasteiger partial charge >= 0.3 is 0 Å². The molecule has 2 rings (SSSR count). The van der Waals surface area contributed by atoms with Crippen LogP contribution >= 0.6 is 0 Å². The van der Waals surface area contributed by atoms with Crippen molar-refractivity contribution in [3.63, 3.8) is 0 Å². The molecule has 1 aliphatic carbocycles. The van der Waals surface area contributed by atoms with Gasteiger partial charge in [0.05, 0.1) is 0 Å². The Balaban J connectivity index is 1.99. The van der Waals surface area contributed by atoms with Crippen LogP contribution in [0, 0.1) is 5.92 Å². The van der Waals surface area contributed by atoms with E-state index in [-0.39, 0.29) is 0 Å². The van der Waals surface area contributed by atoms with E-state index in [0.717, 1.165) is 18.8 Å². The van der Waals surface area contributed by atoms with Gasteiger partial charge in [0.2, 0.25) is 10.0 Å². The van der Waals surface area contributed by atoms with Gasteiger partial charge in [0.1, 0.15) is 10.3 Å². The quantitative estimate of drug-likeness (QED) is 0.864. The first kappa shape index (κ1) is 16.7. The molecule has 0 unspecified atom stereocenters. The normalized spacial score (nSPS) is 29.6. The minimum Gasteiger partial charge on any atom is -0.471 e. The average molecular weight is 315 g/mol. The van der Waals surface area contributed by atoms with Crippen molar-refractivity contribution in [2.24, 2.45) is 5.92 Å². The van der Waals surface area contributed by atoms with E-state index in [2.05, 4.69) is 4.72 Å². The van der Waals surface area contributed by atoms with Crippen molar-refractivity contribution in [2.45, 2.75) is 83.0 Å². The summed E-state index contributed by atoms with van der Waals surface area (Å²) in [4.78, 5) is 0. The summed E-state index contributed by atoms with van der Waals surface area (Å²) >= 11 is 0. The van der Waals surface area contributed by atoms with E-state index in [9.17, 15) is 8.42 Å². The van der Waals surface area contributed by atoms with Gasteiger partial charge in [-0.1, -0.05) is 32.1 Å². The van der Waals surface area contributed by atoms with E-state index >= 15 is 0 Å². The molecule has 1 N–H and O–H groups in total. The van der Waals surface area contributed by atoms with Gasteiger partial charge in [-0.25, -0.2) is 8.42 Å². The lowest BCUT2D eigenvalue weighted by atomic mass is 9.86. The highest BCUT2D eigenvalue weighted by atomic mass is 32.2. The molecule has 2 fully saturated rings. The van der Waals surface area contributed by atoms with Crippen LogP contribution in [0.4, 0.5) is 0 Å². The topological polar surface area (TPSA) is 55.4 Å². The second kappa shape index (κ2) is 5.82. The molecule has 21 heavy (non-hydrogen) atoms. The SMILES string of the molecule is CC1(C)O/C(=C\CCC2CCCCC2)NS(=O)(=O)C1(C)C. The minimum atomic E-state index is -3.42. The summed E-state index contributed by atoms with van der Waals surface area (Å²) in [6, 6.07) is 0. The third kappa shape index (κ3) is 3.38. The first-order valence-electron chi connectivity index (χ1n) is 8.07. The second-order valence-corrected chi connectivity index (χ2v) is 9.61. The van der Waals surface area contributed by atoms with E-state index in [1.165, 1.54) is 32.1 Å². The zero-order chi connectivity index (χ0) is 15.7. The Hall–Kier alpha value is -0.710. The number of hydrogen-bond donors (Lipinski definition) is 1. The molecule has 122 valence electrons. The predicted octanol–water partition coefficient (Wildman–Crippen LogP) is 3.70. The van der Waals surface area contributed by atoms with Crippen LogP contribution < -0.4 is 4.72 Å². The molecule has 0 radical (unpaired) electrons. The van der Waals surface area contributed by atoms with Crippen LogP contribution in [0.25, 0.3) is 0 Å². The molecular formula is C16H29NO3S. The lowest BCUT2D eigenvalue weighted by Gasteiger charge is -2.45. The Bertz CT molecular complexity index is 500. The fourth-order valence-electron chi connectivity index (χ4n) is 3.01. The summed E-state index contributed by atoms with van der Waals surface area (Å²) in [7, 11) is -3.42. The van der Waals surface area contributed by atoms with Gasteiger partial charge in [0, 0.05) is 0 Å². The van der Waals surface area contributed by atoms with E-state index < -0.39 is 20.4 Å². The smallest absolute Gasteiger partial charge is 0.244 e. The molecule has 0 atom stereocenters. The largest absolute Gasteiger partial charge is 0.471 e. The third-order valence-electron chi connectivity index (χ3n) is 5.35. The van der Waals surface area contributed by atoms with Crippen LogP contribution in [0.2, 0.25) is 0 Å². The lowest BCUT2D eigenvalue weighted by molar-refractivity contribution is -0.0102. The summed E-state index contributed by atoms with van der Waals surface area (Å²) in [5.74, 6) is 1.19. The summed E-state index contributed by atoms with van der Waals surface area (Å²) in [5, 5.41) is 0. The van der Waals surface area contributed by atoms with Crippen molar-refractivity contribution >= 4 is 10.0 Å². The van der Waals surface area contributed by atoms with Crippen LogP contribution in [0.1, 0.15) is 72.6 Å². The number of rotatable bonds is 3. The summed E-state index contributed by atoms with van der Waals surface area (Å²) in [6.45, 7) is 7.07. The maximum Gasteiger partial charge on any atom is 0.244 e. The van der Waals surface area contributed by atoms with Crippen molar-refractivity contribution in [1.29, 1.82) is 0 Å². The molecule has 1 heterocycles. The fourth-order valence-corrected chi connectivity index (χ4v) is 4.35. The zero-order valence-electron chi connectivity index (χ0n) is 13.7. The number of allylic oxidation sites excluding steroid dienone is 1. The van der Waals surface area contributed by atoms with Crippen LogP contribution in [-0.4, -0.2) is 18.8 Å². The average Bonchev–Trinajstić information content (AvgIpc) is 2.37. The molecule has 2 aliphatic rings. The van der Waals surface area contributed by atoms with Crippen molar-refractivity contribution in [3.05, 3.63) is 12.0 Å². The van der Waals surface area contributed by atoms with Crippen molar-refractivity contribution in [2.75, 3.05) is 0 Å². The van der Waals surface area contributed by atoms with Crippen LogP contribution in [0.3, 0.4) is 0 Å². The first-order valence-corrected chi connectivity index (χ1v) is 9.55. The molecule has 0 aromatic heterocycles. The van der Waals surface area contributed by atoms with Crippen LogP contribution in [0.15, 0.2) is 12.0 Å². The second-order valence-electron chi connectivity index (χ2n) is 7.38. The molecule has 1 aliphatic heterocycles. The minimum absolute atomic E-state index is 0.398. The maximum absolute atomic E-state index is 12.4. The number of ether oxygens (including phenoxy) is 1. The number of sulfonamides is 1. The van der Waals surface area contributed by atoms with Crippen molar-refractivity contribution < 1.29 is 13.2 Å². The lowest BCUT2D eigenvalue weighted by Crippen LogP contribution is -2.61. The van der Waals surface area contributed by atoms with Gasteiger partial charge in [-0.05, 0) is 52.5 Å².